The van der Waals surface area contributed by atoms with Gasteiger partial charge in [-0.15, -0.1) is 12.4 Å². The van der Waals surface area contributed by atoms with Gasteiger partial charge in [0.15, 0.2) is 0 Å². The van der Waals surface area contributed by atoms with Crippen LogP contribution in [0.4, 0.5) is 0 Å². The fourth-order valence-corrected chi connectivity index (χ4v) is 3.34. The lowest BCUT2D eigenvalue weighted by Crippen LogP contribution is -2.40. The molecule has 3 fully saturated rings. The van der Waals surface area contributed by atoms with Crippen LogP contribution in [-0.4, -0.2) is 46.1 Å². The molecule has 3 aliphatic rings. The third-order valence-electron chi connectivity index (χ3n) is 4.47. The van der Waals surface area contributed by atoms with Crippen molar-refractivity contribution >= 4 is 23.8 Å². The summed E-state index contributed by atoms with van der Waals surface area (Å²) >= 11 is 0. The molecule has 2 aromatic heterocycles. The van der Waals surface area contributed by atoms with Gasteiger partial charge in [0.25, 0.3) is 5.91 Å². The van der Waals surface area contributed by atoms with Crippen LogP contribution in [0, 0.1) is 5.92 Å². The maximum Gasteiger partial charge on any atom is 0.254 e. The zero-order chi connectivity index (χ0) is 13.5. The number of carbonyl (C=O) groups excluding carboxylic acids is 1. The molecule has 3 aliphatic heterocycles. The Morgan fingerprint density at radius 2 is 2.19 bits per heavy atom. The topological polar surface area (TPSA) is 49.6 Å². The molecule has 2 bridgehead atoms. The van der Waals surface area contributed by atoms with Crippen molar-refractivity contribution in [3.8, 4) is 0 Å². The number of aromatic nitrogens is 2. The van der Waals surface area contributed by atoms with E-state index in [-0.39, 0.29) is 18.3 Å². The largest absolute Gasteiger partial charge is 0.337 e. The van der Waals surface area contributed by atoms with Crippen LogP contribution in [0.2, 0.25) is 0 Å². The predicted molar refractivity (Wildman–Crippen MR) is 82.9 cm³/mol. The molecular weight excluding hydrogens is 288 g/mol. The average Bonchev–Trinajstić information content (AvgIpc) is 2.74. The fraction of sp³-hybridized carbons (Fsp3) is 0.467. The Bertz CT molecular complexity index is 634. The molecule has 0 radical (unpaired) electrons. The van der Waals surface area contributed by atoms with Crippen molar-refractivity contribution in [2.24, 2.45) is 5.92 Å². The Kier molecular flexibility index (Phi) is 3.87. The van der Waals surface area contributed by atoms with Crippen LogP contribution in [0.1, 0.15) is 23.2 Å². The van der Waals surface area contributed by atoms with Crippen molar-refractivity contribution in [2.75, 3.05) is 19.6 Å². The van der Waals surface area contributed by atoms with Gasteiger partial charge >= 0.3 is 0 Å². The van der Waals surface area contributed by atoms with E-state index in [0.29, 0.717) is 12.0 Å². The zero-order valence-corrected chi connectivity index (χ0v) is 12.6. The molecule has 0 aliphatic carbocycles. The molecule has 112 valence electrons. The molecule has 0 aromatic carbocycles. The quantitative estimate of drug-likeness (QED) is 0.870. The van der Waals surface area contributed by atoms with Crippen molar-refractivity contribution in [3.63, 3.8) is 0 Å². The van der Waals surface area contributed by atoms with Gasteiger partial charge < -0.3 is 10.2 Å². The summed E-state index contributed by atoms with van der Waals surface area (Å²) in [5, 5.41) is 7.70. The molecule has 2 atom stereocenters. The number of nitrogens with one attached hydrogen (secondary N) is 1. The van der Waals surface area contributed by atoms with E-state index in [9.17, 15) is 4.79 Å². The molecule has 2 aromatic rings. The number of hydrogen-bond donors (Lipinski definition) is 1. The van der Waals surface area contributed by atoms with E-state index in [1.54, 1.807) is 10.7 Å². The minimum atomic E-state index is 0. The molecule has 5 nitrogen and oxygen atoms in total. The first-order chi connectivity index (χ1) is 9.79. The number of nitrogens with zero attached hydrogens (tertiary/aromatic N) is 3. The van der Waals surface area contributed by atoms with Gasteiger partial charge in [-0.05, 0) is 43.5 Å². The second-order valence-electron chi connectivity index (χ2n) is 5.87. The van der Waals surface area contributed by atoms with Gasteiger partial charge in [-0.1, -0.05) is 0 Å². The van der Waals surface area contributed by atoms with Gasteiger partial charge in [-0.25, -0.2) is 4.52 Å². The normalized spacial score (nSPS) is 24.7. The van der Waals surface area contributed by atoms with Crippen molar-refractivity contribution in [1.29, 1.82) is 0 Å². The van der Waals surface area contributed by atoms with Crippen molar-refractivity contribution in [1.82, 2.24) is 19.8 Å². The van der Waals surface area contributed by atoms with E-state index in [4.69, 9.17) is 0 Å². The second-order valence-corrected chi connectivity index (χ2v) is 5.87. The minimum Gasteiger partial charge on any atom is -0.337 e. The lowest BCUT2D eigenvalue weighted by molar-refractivity contribution is 0.0749. The molecular formula is C15H19ClN4O. The molecule has 5 heterocycles. The van der Waals surface area contributed by atoms with Crippen LogP contribution >= 0.6 is 12.4 Å². The third kappa shape index (κ3) is 2.63. The lowest BCUT2D eigenvalue weighted by Gasteiger charge is -2.23. The van der Waals surface area contributed by atoms with Crippen molar-refractivity contribution < 1.29 is 4.79 Å². The van der Waals surface area contributed by atoms with E-state index in [2.05, 4.69) is 10.4 Å². The van der Waals surface area contributed by atoms with Crippen LogP contribution < -0.4 is 5.32 Å². The number of carbonyl (C=O) groups is 1. The highest BCUT2D eigenvalue weighted by molar-refractivity contribution is 5.95. The monoisotopic (exact) mass is 306 g/mol. The Balaban J connectivity index is 0.00000132. The van der Waals surface area contributed by atoms with Gasteiger partial charge in [0, 0.05) is 37.1 Å². The summed E-state index contributed by atoms with van der Waals surface area (Å²) in [6.07, 6.45) is 6.03. The number of hydrogen-bond acceptors (Lipinski definition) is 3. The molecule has 0 unspecified atom stereocenters. The summed E-state index contributed by atoms with van der Waals surface area (Å²) < 4.78 is 1.78. The van der Waals surface area contributed by atoms with Gasteiger partial charge in [-0.3, -0.25) is 4.79 Å². The first-order valence-corrected chi connectivity index (χ1v) is 7.26. The van der Waals surface area contributed by atoms with Crippen molar-refractivity contribution in [3.05, 3.63) is 36.2 Å². The zero-order valence-electron chi connectivity index (χ0n) is 11.7. The van der Waals surface area contributed by atoms with Gasteiger partial charge in [0.05, 0.1) is 5.52 Å². The summed E-state index contributed by atoms with van der Waals surface area (Å²) in [5.41, 5.74) is 1.73. The summed E-state index contributed by atoms with van der Waals surface area (Å²) in [6.45, 7) is 2.77. The van der Waals surface area contributed by atoms with Crippen LogP contribution in [0.25, 0.3) is 5.52 Å². The lowest BCUT2D eigenvalue weighted by atomic mass is 9.97. The number of pyridine rings is 1. The molecule has 5 rings (SSSR count). The number of amides is 1. The highest BCUT2D eigenvalue weighted by atomic mass is 35.5. The molecule has 1 amide bonds. The van der Waals surface area contributed by atoms with E-state index in [0.717, 1.165) is 30.7 Å². The standard InChI is InChI=1S/C15H18N4O.ClH/c20-15(12-4-6-19-14(7-12)3-5-17-19)18-9-11-1-2-13(10-18)16-8-11;/h3-7,11,13,16H,1-2,8-10H2;1H/t11-,13-;/m0./s1. The summed E-state index contributed by atoms with van der Waals surface area (Å²) in [6, 6.07) is 6.18. The van der Waals surface area contributed by atoms with Gasteiger partial charge in [0.2, 0.25) is 0 Å². The molecule has 6 heteroatoms. The number of piperidine rings is 1. The minimum absolute atomic E-state index is 0. The summed E-state index contributed by atoms with van der Waals surface area (Å²) in [7, 11) is 0. The SMILES string of the molecule is Cl.O=C(c1ccn2nccc2c1)N1C[C@H]2CC[C@@H](C1)NC2. The number of halogens is 1. The maximum absolute atomic E-state index is 12.7. The Morgan fingerprint density at radius 3 is 3.00 bits per heavy atom. The summed E-state index contributed by atoms with van der Waals surface area (Å²) in [5.74, 6) is 0.755. The molecule has 1 N–H and O–H groups in total. The second kappa shape index (κ2) is 5.66. The van der Waals surface area contributed by atoms with E-state index < -0.39 is 0 Å². The Labute approximate surface area is 129 Å². The molecule has 0 spiro atoms. The number of rotatable bonds is 1. The Hall–Kier alpha value is -1.59. The first kappa shape index (κ1) is 14.4. The highest BCUT2D eigenvalue weighted by Gasteiger charge is 2.31. The number of fused-ring (bicyclic) bond motifs is 5. The smallest absolute Gasteiger partial charge is 0.254 e. The van der Waals surface area contributed by atoms with E-state index >= 15 is 0 Å². The van der Waals surface area contributed by atoms with E-state index in [1.807, 2.05) is 29.3 Å². The van der Waals surface area contributed by atoms with Gasteiger partial charge in [-0.2, -0.15) is 5.10 Å². The first-order valence-electron chi connectivity index (χ1n) is 7.26. The molecule has 3 saturated heterocycles. The highest BCUT2D eigenvalue weighted by Crippen LogP contribution is 2.23. The maximum atomic E-state index is 12.7. The molecule has 0 saturated carbocycles. The van der Waals surface area contributed by atoms with E-state index in [1.165, 1.54) is 12.8 Å². The van der Waals surface area contributed by atoms with Crippen molar-refractivity contribution in [2.45, 2.75) is 18.9 Å². The predicted octanol–water partition coefficient (Wildman–Crippen LogP) is 1.58. The summed E-state index contributed by atoms with van der Waals surface area (Å²) in [4.78, 5) is 14.7. The fourth-order valence-electron chi connectivity index (χ4n) is 3.34. The van der Waals surface area contributed by atoms with Crippen LogP contribution in [-0.2, 0) is 0 Å². The third-order valence-corrected chi connectivity index (χ3v) is 4.47. The van der Waals surface area contributed by atoms with Crippen LogP contribution in [0.3, 0.4) is 0 Å². The molecule has 21 heavy (non-hydrogen) atoms. The Morgan fingerprint density at radius 1 is 1.29 bits per heavy atom. The van der Waals surface area contributed by atoms with Crippen LogP contribution in [0.5, 0.6) is 0 Å². The van der Waals surface area contributed by atoms with Gasteiger partial charge in [0.1, 0.15) is 0 Å². The average molecular weight is 307 g/mol. The van der Waals surface area contributed by atoms with Crippen LogP contribution in [0.15, 0.2) is 30.6 Å².